The van der Waals surface area contributed by atoms with Crippen LogP contribution >= 0.6 is 0 Å². The largest absolute Gasteiger partial charge is 0.335 e. The maximum Gasteiger partial charge on any atom is 0.315 e. The first kappa shape index (κ1) is 15.5. The Labute approximate surface area is 137 Å². The molecule has 1 aliphatic carbocycles. The summed E-state index contributed by atoms with van der Waals surface area (Å²) in [7, 11) is 0. The van der Waals surface area contributed by atoms with E-state index in [0.717, 1.165) is 29.7 Å². The topological polar surface area (TPSA) is 54.0 Å². The molecule has 2 N–H and O–H groups in total. The summed E-state index contributed by atoms with van der Waals surface area (Å²) in [6, 6.07) is 14.2. The molecule has 0 spiro atoms. The lowest BCUT2D eigenvalue weighted by Crippen LogP contribution is -2.42. The molecular formula is C19H23N3O. The number of benzene rings is 1. The van der Waals surface area contributed by atoms with E-state index in [1.165, 1.54) is 19.3 Å². The first-order chi connectivity index (χ1) is 11.3. The lowest BCUT2D eigenvalue weighted by atomic mass is 9.96. The average Bonchev–Trinajstić information content (AvgIpc) is 2.62. The molecule has 23 heavy (non-hydrogen) atoms. The van der Waals surface area contributed by atoms with Crippen LogP contribution in [-0.2, 0) is 6.54 Å². The number of hydrogen-bond donors (Lipinski definition) is 2. The minimum atomic E-state index is -0.0836. The van der Waals surface area contributed by atoms with E-state index < -0.39 is 0 Å². The fraction of sp³-hybridized carbons (Fsp3) is 0.368. The first-order valence-electron chi connectivity index (χ1n) is 8.36. The van der Waals surface area contributed by atoms with Crippen molar-refractivity contribution in [2.24, 2.45) is 0 Å². The quantitative estimate of drug-likeness (QED) is 0.900. The molecule has 1 aromatic heterocycles. The van der Waals surface area contributed by atoms with Gasteiger partial charge in [0, 0.05) is 24.3 Å². The zero-order chi connectivity index (χ0) is 15.9. The van der Waals surface area contributed by atoms with Crippen molar-refractivity contribution >= 4 is 6.03 Å². The normalized spacial score (nSPS) is 15.1. The van der Waals surface area contributed by atoms with Gasteiger partial charge in [-0.2, -0.15) is 0 Å². The Morgan fingerprint density at radius 2 is 1.83 bits per heavy atom. The number of urea groups is 1. The lowest BCUT2D eigenvalue weighted by Gasteiger charge is -2.23. The van der Waals surface area contributed by atoms with Crippen molar-refractivity contribution in [1.29, 1.82) is 0 Å². The average molecular weight is 309 g/mol. The van der Waals surface area contributed by atoms with Gasteiger partial charge in [0.15, 0.2) is 0 Å². The highest BCUT2D eigenvalue weighted by molar-refractivity contribution is 5.74. The Balaban J connectivity index is 1.61. The summed E-state index contributed by atoms with van der Waals surface area (Å²) >= 11 is 0. The van der Waals surface area contributed by atoms with Crippen LogP contribution in [0, 0.1) is 0 Å². The van der Waals surface area contributed by atoms with Crippen LogP contribution in [0.5, 0.6) is 0 Å². The molecular weight excluding hydrogens is 286 g/mol. The third-order valence-electron chi connectivity index (χ3n) is 4.32. The van der Waals surface area contributed by atoms with Gasteiger partial charge in [-0.1, -0.05) is 55.7 Å². The smallest absolute Gasteiger partial charge is 0.315 e. The highest BCUT2D eigenvalue weighted by atomic mass is 16.2. The second kappa shape index (κ2) is 7.77. The van der Waals surface area contributed by atoms with Crippen molar-refractivity contribution in [2.75, 3.05) is 0 Å². The Hall–Kier alpha value is -2.36. The monoisotopic (exact) mass is 309 g/mol. The minimum absolute atomic E-state index is 0.0836. The van der Waals surface area contributed by atoms with Crippen molar-refractivity contribution in [3.63, 3.8) is 0 Å². The van der Waals surface area contributed by atoms with Crippen LogP contribution in [0.3, 0.4) is 0 Å². The lowest BCUT2D eigenvalue weighted by molar-refractivity contribution is 0.232. The SMILES string of the molecule is O=C(NCc1cccnc1-c1ccccc1)NC1CCCCC1. The molecule has 1 fully saturated rings. The number of hydrogen-bond acceptors (Lipinski definition) is 2. The van der Waals surface area contributed by atoms with Crippen LogP contribution in [-0.4, -0.2) is 17.1 Å². The maximum absolute atomic E-state index is 12.1. The number of pyridine rings is 1. The fourth-order valence-corrected chi connectivity index (χ4v) is 3.10. The van der Waals surface area contributed by atoms with Gasteiger partial charge >= 0.3 is 6.03 Å². The molecule has 0 bridgehead atoms. The van der Waals surface area contributed by atoms with Crippen molar-refractivity contribution in [2.45, 2.75) is 44.7 Å². The molecule has 0 aliphatic heterocycles. The molecule has 4 heteroatoms. The molecule has 1 aliphatic rings. The third-order valence-corrected chi connectivity index (χ3v) is 4.32. The van der Waals surface area contributed by atoms with Crippen LogP contribution in [0.4, 0.5) is 4.79 Å². The fourth-order valence-electron chi connectivity index (χ4n) is 3.10. The van der Waals surface area contributed by atoms with Gasteiger partial charge in [-0.05, 0) is 24.5 Å². The van der Waals surface area contributed by atoms with Crippen LogP contribution in [0.1, 0.15) is 37.7 Å². The summed E-state index contributed by atoms with van der Waals surface area (Å²) in [5.41, 5.74) is 3.01. The van der Waals surface area contributed by atoms with Crippen LogP contribution in [0.15, 0.2) is 48.7 Å². The summed E-state index contributed by atoms with van der Waals surface area (Å²) < 4.78 is 0. The second-order valence-corrected chi connectivity index (χ2v) is 6.04. The molecule has 2 amide bonds. The molecule has 1 heterocycles. The van der Waals surface area contributed by atoms with Gasteiger partial charge in [0.1, 0.15) is 0 Å². The number of nitrogens with one attached hydrogen (secondary N) is 2. The third kappa shape index (κ3) is 4.31. The van der Waals surface area contributed by atoms with Crippen molar-refractivity contribution in [1.82, 2.24) is 15.6 Å². The Morgan fingerprint density at radius 1 is 1.04 bits per heavy atom. The second-order valence-electron chi connectivity index (χ2n) is 6.04. The van der Waals surface area contributed by atoms with Crippen molar-refractivity contribution in [3.8, 4) is 11.3 Å². The van der Waals surface area contributed by atoms with E-state index in [9.17, 15) is 4.79 Å². The maximum atomic E-state index is 12.1. The van der Waals surface area contributed by atoms with Crippen LogP contribution in [0.2, 0.25) is 0 Å². The van der Waals surface area contributed by atoms with E-state index in [-0.39, 0.29) is 6.03 Å². The summed E-state index contributed by atoms with van der Waals surface area (Å²) in [5.74, 6) is 0. The molecule has 4 nitrogen and oxygen atoms in total. The van der Waals surface area contributed by atoms with Gasteiger partial charge in [-0.3, -0.25) is 4.98 Å². The highest BCUT2D eigenvalue weighted by Gasteiger charge is 2.15. The van der Waals surface area contributed by atoms with Gasteiger partial charge in [0.25, 0.3) is 0 Å². The molecule has 3 rings (SSSR count). The molecule has 0 atom stereocenters. The standard InChI is InChI=1S/C19H23N3O/c23-19(22-17-11-5-2-6-12-17)21-14-16-10-7-13-20-18(16)15-8-3-1-4-9-15/h1,3-4,7-10,13,17H,2,5-6,11-12,14H2,(H2,21,22,23). The Morgan fingerprint density at radius 3 is 2.61 bits per heavy atom. The van der Waals surface area contributed by atoms with Crippen molar-refractivity contribution < 1.29 is 4.79 Å². The van der Waals surface area contributed by atoms with Gasteiger partial charge < -0.3 is 10.6 Å². The van der Waals surface area contributed by atoms with Gasteiger partial charge in [-0.15, -0.1) is 0 Å². The summed E-state index contributed by atoms with van der Waals surface area (Å²) in [4.78, 5) is 16.6. The number of carbonyl (C=O) groups excluding carboxylic acids is 1. The molecule has 0 radical (unpaired) electrons. The first-order valence-corrected chi connectivity index (χ1v) is 8.36. The predicted molar refractivity (Wildman–Crippen MR) is 91.9 cm³/mol. The van der Waals surface area contributed by atoms with E-state index in [1.54, 1.807) is 6.20 Å². The van der Waals surface area contributed by atoms with Crippen molar-refractivity contribution in [3.05, 3.63) is 54.2 Å². The van der Waals surface area contributed by atoms with E-state index in [2.05, 4.69) is 15.6 Å². The molecule has 2 aromatic rings. The van der Waals surface area contributed by atoms with Gasteiger partial charge in [-0.25, -0.2) is 4.79 Å². The molecule has 120 valence electrons. The molecule has 0 unspecified atom stereocenters. The Kier molecular flexibility index (Phi) is 5.25. The molecule has 1 saturated carbocycles. The van der Waals surface area contributed by atoms with Gasteiger partial charge in [0.2, 0.25) is 0 Å². The number of aromatic nitrogens is 1. The molecule has 0 saturated heterocycles. The zero-order valence-electron chi connectivity index (χ0n) is 13.3. The van der Waals surface area contributed by atoms with E-state index in [1.807, 2.05) is 42.5 Å². The van der Waals surface area contributed by atoms with Crippen LogP contribution < -0.4 is 10.6 Å². The molecule has 1 aromatic carbocycles. The summed E-state index contributed by atoms with van der Waals surface area (Å²) in [5, 5.41) is 6.04. The Bertz CT molecular complexity index is 636. The number of rotatable bonds is 4. The zero-order valence-corrected chi connectivity index (χ0v) is 13.3. The minimum Gasteiger partial charge on any atom is -0.335 e. The summed E-state index contributed by atoms with van der Waals surface area (Å²) in [6.45, 7) is 0.483. The van der Waals surface area contributed by atoms with E-state index >= 15 is 0 Å². The number of carbonyl (C=O) groups is 1. The van der Waals surface area contributed by atoms with E-state index in [4.69, 9.17) is 0 Å². The summed E-state index contributed by atoms with van der Waals surface area (Å²) in [6.07, 6.45) is 7.69. The van der Waals surface area contributed by atoms with E-state index in [0.29, 0.717) is 12.6 Å². The van der Waals surface area contributed by atoms with Crippen LogP contribution in [0.25, 0.3) is 11.3 Å². The number of nitrogens with zero attached hydrogens (tertiary/aromatic N) is 1. The number of amides is 2. The highest BCUT2D eigenvalue weighted by Crippen LogP contribution is 2.20. The predicted octanol–water partition coefficient (Wildman–Crippen LogP) is 3.88. The van der Waals surface area contributed by atoms with Gasteiger partial charge in [0.05, 0.1) is 5.69 Å².